The van der Waals surface area contributed by atoms with E-state index in [4.69, 9.17) is 9.97 Å². The summed E-state index contributed by atoms with van der Waals surface area (Å²) in [5.74, 6) is 0. The normalized spacial score (nSPS) is 14.3. The lowest BCUT2D eigenvalue weighted by Crippen LogP contribution is -2.56. The van der Waals surface area contributed by atoms with E-state index in [0.717, 1.165) is 7.83 Å². The van der Waals surface area contributed by atoms with Crippen molar-refractivity contribution in [3.8, 4) is 9.75 Å². The molecule has 2 nitrogen and oxygen atoms in total. The number of rotatable bonds is 14. The summed E-state index contributed by atoms with van der Waals surface area (Å²) in [7, 11) is -1.83. The van der Waals surface area contributed by atoms with Crippen molar-refractivity contribution in [2.75, 3.05) is 0 Å². The van der Waals surface area contributed by atoms with Gasteiger partial charge in [0.25, 0.3) is 0 Å². The number of aromatic nitrogens is 2. The van der Waals surface area contributed by atoms with Crippen molar-refractivity contribution >= 4 is 73.2 Å². The van der Waals surface area contributed by atoms with Crippen LogP contribution in [-0.2, 0) is 0 Å². The number of halogens is 2. The van der Waals surface area contributed by atoms with Crippen LogP contribution in [0.5, 0.6) is 0 Å². The topological polar surface area (TPSA) is 25.8 Å². The SMILES string of the molecule is CCCCCCCC[Si]1(CCCCCCCC)c2nc(Br)sc2-c2sc(Br)nc21. The number of nitrogens with zero attached hydrogens (tertiary/aromatic N) is 2. The molecule has 1 aliphatic heterocycles. The summed E-state index contributed by atoms with van der Waals surface area (Å²) >= 11 is 11.0. The first kappa shape index (κ1) is 24.1. The van der Waals surface area contributed by atoms with E-state index >= 15 is 0 Å². The molecule has 0 aromatic carbocycles. The minimum Gasteiger partial charge on any atom is -0.238 e. The summed E-state index contributed by atoms with van der Waals surface area (Å²) in [4.78, 5) is 13.0. The second-order valence-electron chi connectivity index (χ2n) is 8.41. The number of fused-ring (bicyclic) bond motifs is 3. The molecule has 3 rings (SSSR count). The van der Waals surface area contributed by atoms with Gasteiger partial charge < -0.3 is 0 Å². The van der Waals surface area contributed by atoms with Gasteiger partial charge in [-0.3, -0.25) is 0 Å². The van der Waals surface area contributed by atoms with E-state index in [1.54, 1.807) is 0 Å². The van der Waals surface area contributed by atoms with Crippen LogP contribution in [0.4, 0.5) is 0 Å². The van der Waals surface area contributed by atoms with E-state index in [2.05, 4.69) is 45.7 Å². The van der Waals surface area contributed by atoms with Crippen molar-refractivity contribution in [2.45, 2.75) is 103 Å². The minimum absolute atomic E-state index is 1.06. The van der Waals surface area contributed by atoms with E-state index in [0.29, 0.717) is 0 Å². The third kappa shape index (κ3) is 5.82. The Labute approximate surface area is 202 Å². The van der Waals surface area contributed by atoms with Gasteiger partial charge in [0.15, 0.2) is 15.9 Å². The lowest BCUT2D eigenvalue weighted by atomic mass is 10.1. The van der Waals surface area contributed by atoms with E-state index in [1.807, 2.05) is 22.7 Å². The first-order chi connectivity index (χ1) is 14.1. The highest BCUT2D eigenvalue weighted by molar-refractivity contribution is 9.11. The summed E-state index contributed by atoms with van der Waals surface area (Å²) in [5, 5.41) is 2.91. The van der Waals surface area contributed by atoms with Crippen molar-refractivity contribution < 1.29 is 0 Å². The molecule has 0 fully saturated rings. The van der Waals surface area contributed by atoms with Crippen molar-refractivity contribution in [2.24, 2.45) is 0 Å². The molecular weight excluding hydrogens is 544 g/mol. The summed E-state index contributed by atoms with van der Waals surface area (Å²) in [6.45, 7) is 4.59. The lowest BCUT2D eigenvalue weighted by Gasteiger charge is -2.26. The molecule has 7 heteroatoms. The molecule has 0 unspecified atom stereocenters. The summed E-state index contributed by atoms with van der Waals surface area (Å²) in [6.07, 6.45) is 16.4. The Kier molecular flexibility index (Phi) is 9.87. The summed E-state index contributed by atoms with van der Waals surface area (Å²) < 4.78 is 2.11. The van der Waals surface area contributed by atoms with Gasteiger partial charge in [-0.25, -0.2) is 9.97 Å². The van der Waals surface area contributed by atoms with E-state index in [-0.39, 0.29) is 0 Å². The molecule has 2 aromatic rings. The Hall–Kier alpha value is 0.437. The van der Waals surface area contributed by atoms with Crippen LogP contribution in [0.25, 0.3) is 9.75 Å². The van der Waals surface area contributed by atoms with Gasteiger partial charge in [0.1, 0.15) is 0 Å². The van der Waals surface area contributed by atoms with Gasteiger partial charge in [0.2, 0.25) is 0 Å². The van der Waals surface area contributed by atoms with Crippen molar-refractivity contribution in [3.05, 3.63) is 7.83 Å². The van der Waals surface area contributed by atoms with Crippen LogP contribution >= 0.6 is 54.5 Å². The molecule has 0 amide bonds. The van der Waals surface area contributed by atoms with Gasteiger partial charge >= 0.3 is 0 Å². The van der Waals surface area contributed by atoms with Crippen LogP contribution in [0.2, 0.25) is 12.1 Å². The summed E-state index contributed by atoms with van der Waals surface area (Å²) in [5.41, 5.74) is 0. The van der Waals surface area contributed by atoms with Gasteiger partial charge in [-0.1, -0.05) is 90.9 Å². The second kappa shape index (κ2) is 11.9. The Morgan fingerprint density at radius 1 is 0.621 bits per heavy atom. The highest BCUT2D eigenvalue weighted by atomic mass is 79.9. The van der Waals surface area contributed by atoms with Crippen LogP contribution in [0.3, 0.4) is 0 Å². The predicted octanol–water partition coefficient (Wildman–Crippen LogP) is 8.39. The standard InChI is InChI=1S/C22H34Br2N2S2Si/c1-3-5-7-9-11-13-15-29(16-14-12-10-8-6-4-2)19-17(27-21(23)25-19)18-20(29)26-22(24)28-18/h3-16H2,1-2H3. The zero-order valence-electron chi connectivity index (χ0n) is 17.9. The Bertz CT molecular complexity index is 711. The van der Waals surface area contributed by atoms with Crippen LogP contribution < -0.4 is 10.6 Å². The van der Waals surface area contributed by atoms with Gasteiger partial charge in [-0.15, -0.1) is 22.7 Å². The van der Waals surface area contributed by atoms with Crippen LogP contribution in [-0.4, -0.2) is 18.0 Å². The quantitative estimate of drug-likeness (QED) is 0.166. The van der Waals surface area contributed by atoms with Crippen LogP contribution in [0, 0.1) is 0 Å². The molecule has 0 saturated carbocycles. The van der Waals surface area contributed by atoms with E-state index in [9.17, 15) is 0 Å². The monoisotopic (exact) mass is 576 g/mol. The van der Waals surface area contributed by atoms with E-state index < -0.39 is 8.07 Å². The average molecular weight is 579 g/mol. The third-order valence-corrected chi connectivity index (χ3v) is 14.7. The van der Waals surface area contributed by atoms with Crippen molar-refractivity contribution in [3.63, 3.8) is 0 Å². The van der Waals surface area contributed by atoms with E-state index in [1.165, 1.54) is 110 Å². The smallest absolute Gasteiger partial charge is 0.168 e. The summed E-state index contributed by atoms with van der Waals surface area (Å²) in [6, 6.07) is 2.67. The number of unbranched alkanes of at least 4 members (excludes halogenated alkanes) is 10. The average Bonchev–Trinajstić information content (AvgIpc) is 3.33. The van der Waals surface area contributed by atoms with Crippen LogP contribution in [0.1, 0.15) is 90.9 Å². The fraction of sp³-hybridized carbons (Fsp3) is 0.727. The molecule has 0 N–H and O–H groups in total. The molecule has 3 heterocycles. The Balaban J connectivity index is 1.75. The van der Waals surface area contributed by atoms with Gasteiger partial charge in [0.05, 0.1) is 20.4 Å². The highest BCUT2D eigenvalue weighted by Crippen LogP contribution is 2.42. The zero-order chi connectivity index (χ0) is 20.7. The van der Waals surface area contributed by atoms with Gasteiger partial charge in [-0.2, -0.15) is 0 Å². The third-order valence-electron chi connectivity index (χ3n) is 6.23. The fourth-order valence-electron chi connectivity index (χ4n) is 4.67. The molecule has 0 bridgehead atoms. The first-order valence-electron chi connectivity index (χ1n) is 11.5. The maximum Gasteiger partial charge on any atom is 0.168 e. The van der Waals surface area contributed by atoms with Crippen LogP contribution in [0.15, 0.2) is 7.83 Å². The molecule has 0 saturated heterocycles. The number of thiazole rings is 2. The first-order valence-corrected chi connectivity index (χ1v) is 17.1. The molecule has 0 atom stereocenters. The molecule has 0 radical (unpaired) electrons. The van der Waals surface area contributed by atoms with Gasteiger partial charge in [0, 0.05) is 0 Å². The highest BCUT2D eigenvalue weighted by Gasteiger charge is 2.50. The van der Waals surface area contributed by atoms with Crippen molar-refractivity contribution in [1.82, 2.24) is 9.97 Å². The number of hydrogen-bond donors (Lipinski definition) is 0. The molecule has 2 aromatic heterocycles. The lowest BCUT2D eigenvalue weighted by molar-refractivity contribution is 0.616. The second-order valence-corrected chi connectivity index (χ2v) is 17.1. The molecular formula is C22H34Br2N2S2Si. The Morgan fingerprint density at radius 2 is 1.00 bits per heavy atom. The maximum absolute atomic E-state index is 5.07. The molecule has 162 valence electrons. The predicted molar refractivity (Wildman–Crippen MR) is 140 cm³/mol. The zero-order valence-corrected chi connectivity index (χ0v) is 23.7. The molecule has 0 aliphatic carbocycles. The fourth-order valence-corrected chi connectivity index (χ4v) is 14.6. The van der Waals surface area contributed by atoms with Crippen molar-refractivity contribution in [1.29, 1.82) is 0 Å². The largest absolute Gasteiger partial charge is 0.238 e. The van der Waals surface area contributed by atoms with Gasteiger partial charge in [-0.05, 0) is 43.9 Å². The molecule has 0 spiro atoms. The minimum atomic E-state index is -1.83. The Morgan fingerprint density at radius 3 is 1.41 bits per heavy atom. The molecule has 1 aliphatic rings. The molecule has 29 heavy (non-hydrogen) atoms. The number of hydrogen-bond acceptors (Lipinski definition) is 4. The maximum atomic E-state index is 5.07.